The van der Waals surface area contributed by atoms with Gasteiger partial charge >= 0.3 is 0 Å². The smallest absolute Gasteiger partial charge is 0.242 e. The summed E-state index contributed by atoms with van der Waals surface area (Å²) in [5.41, 5.74) is 7.11. The molecule has 8 heteroatoms. The molecule has 1 aromatic rings. The minimum Gasteiger partial charge on any atom is -0.391 e. The first-order valence-corrected chi connectivity index (χ1v) is 14.3. The molecule has 0 spiro atoms. The minimum absolute atomic E-state index is 0.0737. The van der Waals surface area contributed by atoms with Crippen LogP contribution in [0, 0.1) is 17.8 Å². The molecule has 0 aliphatic heterocycles. The Morgan fingerprint density at radius 1 is 0.895 bits per heavy atom. The maximum Gasteiger partial charge on any atom is 0.242 e. The molecule has 1 aromatic carbocycles. The summed E-state index contributed by atoms with van der Waals surface area (Å²) in [6.07, 6.45) is 3.00. The van der Waals surface area contributed by atoms with E-state index in [1.165, 1.54) is 0 Å². The van der Waals surface area contributed by atoms with Crippen LogP contribution in [0.5, 0.6) is 0 Å². The fourth-order valence-electron chi connectivity index (χ4n) is 4.38. The Kier molecular flexibility index (Phi) is 15.9. The molecule has 8 nitrogen and oxygen atoms in total. The molecule has 0 aromatic heterocycles. The predicted octanol–water partition coefficient (Wildman–Crippen LogP) is 3.31. The lowest BCUT2D eigenvalue weighted by molar-refractivity contribution is -0.131. The van der Waals surface area contributed by atoms with Gasteiger partial charge in [0.2, 0.25) is 17.7 Å². The Morgan fingerprint density at radius 2 is 1.55 bits per heavy atom. The topological polar surface area (TPSA) is 134 Å². The van der Waals surface area contributed by atoms with Gasteiger partial charge in [-0.15, -0.1) is 0 Å². The van der Waals surface area contributed by atoms with Crippen LogP contribution < -0.4 is 21.7 Å². The lowest BCUT2D eigenvalue weighted by Gasteiger charge is -2.30. The zero-order valence-corrected chi connectivity index (χ0v) is 24.3. The molecule has 1 rings (SSSR count). The van der Waals surface area contributed by atoms with Gasteiger partial charge in [-0.3, -0.25) is 14.4 Å². The van der Waals surface area contributed by atoms with E-state index in [1.54, 1.807) is 0 Å². The first-order chi connectivity index (χ1) is 18.0. The highest BCUT2D eigenvalue weighted by molar-refractivity contribution is 5.90. The molecule has 0 saturated heterocycles. The summed E-state index contributed by atoms with van der Waals surface area (Å²) >= 11 is 0. The third kappa shape index (κ3) is 12.9. The van der Waals surface area contributed by atoms with Gasteiger partial charge in [-0.05, 0) is 49.5 Å². The van der Waals surface area contributed by atoms with Crippen molar-refractivity contribution in [2.24, 2.45) is 23.5 Å². The monoisotopic (exact) mass is 532 g/mol. The largest absolute Gasteiger partial charge is 0.391 e. The van der Waals surface area contributed by atoms with Gasteiger partial charge in [0.25, 0.3) is 0 Å². The summed E-state index contributed by atoms with van der Waals surface area (Å²) in [6, 6.07) is 7.47. The standard InChI is InChI=1S/C30H52N4O4/c1-7-9-15-25(33-29(37)24(31)17-22-13-11-10-12-14-22)30(38)34-26(16-20(3)4)27(35)18-23(8-2)28(36)32-19-21(5)6/h10-14,20-21,23-27,35H,7-9,15-19,31H2,1-6H3,(H,32,36)(H,33,37)(H,34,38)/t23-,24+,25+,26+,27+/m1/s1. The maximum absolute atomic E-state index is 13.4. The van der Waals surface area contributed by atoms with Crippen LogP contribution in [0.3, 0.4) is 0 Å². The second-order valence-corrected chi connectivity index (χ2v) is 11.3. The van der Waals surface area contributed by atoms with Crippen LogP contribution in [-0.2, 0) is 20.8 Å². The van der Waals surface area contributed by atoms with Gasteiger partial charge in [0.05, 0.1) is 18.2 Å². The third-order valence-electron chi connectivity index (χ3n) is 6.71. The molecular weight excluding hydrogens is 480 g/mol. The summed E-state index contributed by atoms with van der Waals surface area (Å²) in [6.45, 7) is 12.7. The highest BCUT2D eigenvalue weighted by Crippen LogP contribution is 2.19. The van der Waals surface area contributed by atoms with Gasteiger partial charge in [0.1, 0.15) is 6.04 Å². The van der Waals surface area contributed by atoms with Crippen molar-refractivity contribution in [2.75, 3.05) is 6.54 Å². The molecule has 38 heavy (non-hydrogen) atoms. The first kappa shape index (κ1) is 33.6. The van der Waals surface area contributed by atoms with E-state index in [0.29, 0.717) is 38.1 Å². The predicted molar refractivity (Wildman–Crippen MR) is 153 cm³/mol. The highest BCUT2D eigenvalue weighted by Gasteiger charge is 2.31. The maximum atomic E-state index is 13.4. The summed E-state index contributed by atoms with van der Waals surface area (Å²) < 4.78 is 0. The van der Waals surface area contributed by atoms with Gasteiger partial charge in [-0.25, -0.2) is 0 Å². The zero-order valence-electron chi connectivity index (χ0n) is 24.3. The number of amides is 3. The molecule has 0 fully saturated rings. The average molecular weight is 533 g/mol. The lowest BCUT2D eigenvalue weighted by atomic mass is 9.90. The summed E-state index contributed by atoms with van der Waals surface area (Å²) in [7, 11) is 0. The average Bonchev–Trinajstić information content (AvgIpc) is 2.87. The molecule has 216 valence electrons. The number of aliphatic hydroxyl groups excluding tert-OH is 1. The Bertz CT molecular complexity index is 831. The molecule has 5 atom stereocenters. The number of carbonyl (C=O) groups is 3. The zero-order chi connectivity index (χ0) is 28.7. The molecule has 0 heterocycles. The van der Waals surface area contributed by atoms with Gasteiger partial charge < -0.3 is 26.8 Å². The van der Waals surface area contributed by atoms with Crippen molar-refractivity contribution in [1.29, 1.82) is 0 Å². The quantitative estimate of drug-likeness (QED) is 0.198. The number of nitrogens with two attached hydrogens (primary N) is 1. The molecule has 6 N–H and O–H groups in total. The van der Waals surface area contributed by atoms with Crippen LogP contribution in [0.1, 0.15) is 85.6 Å². The van der Waals surface area contributed by atoms with E-state index in [4.69, 9.17) is 5.73 Å². The van der Waals surface area contributed by atoms with E-state index in [9.17, 15) is 19.5 Å². The van der Waals surface area contributed by atoms with Gasteiger partial charge in [-0.2, -0.15) is 0 Å². The van der Waals surface area contributed by atoms with Crippen molar-refractivity contribution < 1.29 is 19.5 Å². The van der Waals surface area contributed by atoms with Crippen LogP contribution in [0.15, 0.2) is 30.3 Å². The summed E-state index contributed by atoms with van der Waals surface area (Å²) in [4.78, 5) is 38.9. The van der Waals surface area contributed by atoms with E-state index in [1.807, 2.05) is 71.9 Å². The molecule has 0 radical (unpaired) electrons. The molecular formula is C30H52N4O4. The van der Waals surface area contributed by atoms with Crippen molar-refractivity contribution >= 4 is 17.7 Å². The van der Waals surface area contributed by atoms with Crippen molar-refractivity contribution in [3.8, 4) is 0 Å². The molecule has 0 aliphatic rings. The van der Waals surface area contributed by atoms with Crippen molar-refractivity contribution in [3.63, 3.8) is 0 Å². The second kappa shape index (κ2) is 17.9. The van der Waals surface area contributed by atoms with Gasteiger partial charge in [0, 0.05) is 12.5 Å². The van der Waals surface area contributed by atoms with E-state index in [-0.39, 0.29) is 36.0 Å². The van der Waals surface area contributed by atoms with Crippen LogP contribution in [0.25, 0.3) is 0 Å². The molecule has 0 aliphatic carbocycles. The van der Waals surface area contributed by atoms with Crippen molar-refractivity contribution in [3.05, 3.63) is 35.9 Å². The van der Waals surface area contributed by atoms with Gasteiger partial charge in [0.15, 0.2) is 0 Å². The SMILES string of the molecule is CCCC[C@H](NC(=O)[C@@H](N)Cc1ccccc1)C(=O)N[C@@H](CC(C)C)[C@@H](O)C[C@@H](CC)C(=O)NCC(C)C. The van der Waals surface area contributed by atoms with E-state index in [0.717, 1.165) is 18.4 Å². The summed E-state index contributed by atoms with van der Waals surface area (Å²) in [5, 5.41) is 19.9. The van der Waals surface area contributed by atoms with Crippen LogP contribution in [-0.4, -0.2) is 53.6 Å². The number of carbonyl (C=O) groups excluding carboxylic acids is 3. The van der Waals surface area contributed by atoms with Crippen molar-refractivity contribution in [2.45, 2.75) is 111 Å². The number of unbranched alkanes of at least 4 members (excludes halogenated alkanes) is 1. The van der Waals surface area contributed by atoms with Crippen molar-refractivity contribution in [1.82, 2.24) is 16.0 Å². The fraction of sp³-hybridized carbons (Fsp3) is 0.700. The first-order valence-electron chi connectivity index (χ1n) is 14.3. The van der Waals surface area contributed by atoms with Gasteiger partial charge in [-0.1, -0.05) is 84.7 Å². The second-order valence-electron chi connectivity index (χ2n) is 11.3. The Balaban J connectivity index is 2.90. The number of aliphatic hydroxyl groups is 1. The Hall–Kier alpha value is -2.45. The number of benzene rings is 1. The number of hydrogen-bond donors (Lipinski definition) is 5. The number of hydrogen-bond acceptors (Lipinski definition) is 5. The lowest BCUT2D eigenvalue weighted by Crippen LogP contribution is -2.55. The normalized spacial score (nSPS) is 15.4. The summed E-state index contributed by atoms with van der Waals surface area (Å²) in [5.74, 6) is -0.574. The van der Waals surface area contributed by atoms with E-state index < -0.39 is 24.2 Å². The van der Waals surface area contributed by atoms with E-state index in [2.05, 4.69) is 16.0 Å². The Labute approximate surface area is 229 Å². The highest BCUT2D eigenvalue weighted by atomic mass is 16.3. The van der Waals surface area contributed by atoms with Crippen LogP contribution in [0.2, 0.25) is 0 Å². The minimum atomic E-state index is -0.890. The van der Waals surface area contributed by atoms with Crippen LogP contribution in [0.4, 0.5) is 0 Å². The molecule has 0 unspecified atom stereocenters. The molecule has 3 amide bonds. The van der Waals surface area contributed by atoms with Crippen LogP contribution >= 0.6 is 0 Å². The Morgan fingerprint density at radius 3 is 2.11 bits per heavy atom. The fourth-order valence-corrected chi connectivity index (χ4v) is 4.38. The van der Waals surface area contributed by atoms with E-state index >= 15 is 0 Å². The molecule has 0 saturated carbocycles. The third-order valence-corrected chi connectivity index (χ3v) is 6.71. The number of rotatable bonds is 18. The number of nitrogens with one attached hydrogen (secondary N) is 3. The molecule has 0 bridgehead atoms.